The van der Waals surface area contributed by atoms with Gasteiger partial charge in [0.2, 0.25) is 0 Å². The first kappa shape index (κ1) is 16.0. The number of aliphatic hydroxyl groups is 1. The SMILES string of the molecule is CCOC(=O)CNCC(O)COc1cccc(C#N)c1. The standard InChI is InChI=1S/C14H18N2O4/c1-2-19-14(18)9-16-8-12(17)10-20-13-5-3-4-11(6-13)7-15/h3-6,12,16-17H,2,8-10H2,1H3. The highest BCUT2D eigenvalue weighted by atomic mass is 16.5. The van der Waals surface area contributed by atoms with Crippen molar-refractivity contribution in [2.24, 2.45) is 0 Å². The molecule has 6 heteroatoms. The summed E-state index contributed by atoms with van der Waals surface area (Å²) in [6.45, 7) is 2.41. The molecule has 1 aromatic carbocycles. The molecule has 0 aliphatic carbocycles. The quantitative estimate of drug-likeness (QED) is 0.671. The number of benzene rings is 1. The number of hydrogen-bond acceptors (Lipinski definition) is 6. The number of aliphatic hydroxyl groups excluding tert-OH is 1. The largest absolute Gasteiger partial charge is 0.491 e. The van der Waals surface area contributed by atoms with Gasteiger partial charge < -0.3 is 19.9 Å². The van der Waals surface area contributed by atoms with E-state index >= 15 is 0 Å². The van der Waals surface area contributed by atoms with Crippen molar-refractivity contribution >= 4 is 5.97 Å². The summed E-state index contributed by atoms with van der Waals surface area (Å²) in [6, 6.07) is 8.69. The third-order valence-electron chi connectivity index (χ3n) is 2.36. The first-order valence-corrected chi connectivity index (χ1v) is 6.33. The Morgan fingerprint density at radius 2 is 2.35 bits per heavy atom. The number of nitriles is 1. The average molecular weight is 278 g/mol. The van der Waals surface area contributed by atoms with Gasteiger partial charge >= 0.3 is 5.97 Å². The van der Waals surface area contributed by atoms with Gasteiger partial charge in [-0.1, -0.05) is 6.07 Å². The molecule has 0 radical (unpaired) electrons. The van der Waals surface area contributed by atoms with Gasteiger partial charge in [0.25, 0.3) is 0 Å². The number of carbonyl (C=O) groups is 1. The zero-order chi connectivity index (χ0) is 14.8. The third kappa shape index (κ3) is 6.18. The van der Waals surface area contributed by atoms with Crippen LogP contribution in [0.1, 0.15) is 12.5 Å². The van der Waals surface area contributed by atoms with Crippen LogP contribution in [0.4, 0.5) is 0 Å². The minimum absolute atomic E-state index is 0.0504. The van der Waals surface area contributed by atoms with E-state index in [1.54, 1.807) is 31.2 Å². The van der Waals surface area contributed by atoms with Crippen molar-refractivity contribution in [3.05, 3.63) is 29.8 Å². The van der Waals surface area contributed by atoms with Gasteiger partial charge in [0.05, 0.1) is 24.8 Å². The normalized spacial score (nSPS) is 11.4. The molecule has 0 aliphatic heterocycles. The van der Waals surface area contributed by atoms with Crippen LogP contribution in [-0.4, -0.2) is 43.5 Å². The molecule has 0 aromatic heterocycles. The van der Waals surface area contributed by atoms with Crippen LogP contribution in [0, 0.1) is 11.3 Å². The van der Waals surface area contributed by atoms with Crippen LogP contribution in [0.25, 0.3) is 0 Å². The zero-order valence-corrected chi connectivity index (χ0v) is 11.3. The van der Waals surface area contributed by atoms with E-state index in [0.29, 0.717) is 17.9 Å². The molecule has 6 nitrogen and oxygen atoms in total. The third-order valence-corrected chi connectivity index (χ3v) is 2.36. The van der Waals surface area contributed by atoms with Gasteiger partial charge in [0.15, 0.2) is 0 Å². The molecule has 0 amide bonds. The first-order valence-electron chi connectivity index (χ1n) is 6.33. The molecule has 0 aliphatic rings. The van der Waals surface area contributed by atoms with Crippen molar-refractivity contribution in [1.82, 2.24) is 5.32 Å². The summed E-state index contributed by atoms with van der Waals surface area (Å²) in [4.78, 5) is 11.0. The molecule has 20 heavy (non-hydrogen) atoms. The number of esters is 1. The lowest BCUT2D eigenvalue weighted by atomic mass is 10.2. The molecule has 1 unspecified atom stereocenters. The highest BCUT2D eigenvalue weighted by Gasteiger charge is 2.07. The molecule has 2 N–H and O–H groups in total. The monoisotopic (exact) mass is 278 g/mol. The first-order chi connectivity index (χ1) is 9.65. The maximum Gasteiger partial charge on any atom is 0.319 e. The van der Waals surface area contributed by atoms with Crippen LogP contribution in [-0.2, 0) is 9.53 Å². The minimum atomic E-state index is -0.754. The molecule has 1 atom stereocenters. The Morgan fingerprint density at radius 3 is 3.05 bits per heavy atom. The minimum Gasteiger partial charge on any atom is -0.491 e. The second-order valence-electron chi connectivity index (χ2n) is 4.04. The van der Waals surface area contributed by atoms with E-state index in [9.17, 15) is 9.90 Å². The maximum absolute atomic E-state index is 11.0. The molecule has 0 saturated carbocycles. The smallest absolute Gasteiger partial charge is 0.319 e. The molecule has 0 saturated heterocycles. The number of carbonyl (C=O) groups excluding carboxylic acids is 1. The van der Waals surface area contributed by atoms with E-state index in [-0.39, 0.29) is 25.7 Å². The molecule has 0 heterocycles. The van der Waals surface area contributed by atoms with Gasteiger partial charge in [-0.15, -0.1) is 0 Å². The molecule has 0 spiro atoms. The number of ether oxygens (including phenoxy) is 2. The molecular weight excluding hydrogens is 260 g/mol. The van der Waals surface area contributed by atoms with Crippen molar-refractivity contribution in [2.45, 2.75) is 13.0 Å². The van der Waals surface area contributed by atoms with Crippen LogP contribution in [0.2, 0.25) is 0 Å². The van der Waals surface area contributed by atoms with Gasteiger partial charge in [0.1, 0.15) is 18.5 Å². The van der Waals surface area contributed by atoms with E-state index in [2.05, 4.69) is 5.32 Å². The Kier molecular flexibility index (Phi) is 7.11. The van der Waals surface area contributed by atoms with Gasteiger partial charge in [-0.2, -0.15) is 5.26 Å². The topological polar surface area (TPSA) is 91.6 Å². The summed E-state index contributed by atoms with van der Waals surface area (Å²) < 4.78 is 10.1. The molecule has 1 rings (SSSR count). The molecule has 108 valence electrons. The van der Waals surface area contributed by atoms with Gasteiger partial charge in [0, 0.05) is 6.54 Å². The summed E-state index contributed by atoms with van der Waals surface area (Å²) in [5.41, 5.74) is 0.498. The van der Waals surface area contributed by atoms with E-state index in [4.69, 9.17) is 14.7 Å². The van der Waals surface area contributed by atoms with Crippen molar-refractivity contribution in [3.63, 3.8) is 0 Å². The summed E-state index contributed by atoms with van der Waals surface area (Å²) in [5, 5.41) is 21.2. The fourth-order valence-corrected chi connectivity index (χ4v) is 1.46. The highest BCUT2D eigenvalue weighted by Crippen LogP contribution is 2.12. The Labute approximate surface area is 117 Å². The van der Waals surface area contributed by atoms with E-state index in [1.165, 1.54) is 0 Å². The van der Waals surface area contributed by atoms with E-state index in [0.717, 1.165) is 0 Å². The Balaban J connectivity index is 2.24. The van der Waals surface area contributed by atoms with Crippen LogP contribution in [0.3, 0.4) is 0 Å². The van der Waals surface area contributed by atoms with Crippen LogP contribution >= 0.6 is 0 Å². The summed E-state index contributed by atoms with van der Waals surface area (Å²) in [5.74, 6) is 0.163. The van der Waals surface area contributed by atoms with Crippen molar-refractivity contribution < 1.29 is 19.4 Å². The highest BCUT2D eigenvalue weighted by molar-refractivity contribution is 5.71. The Hall–Kier alpha value is -2.10. The zero-order valence-electron chi connectivity index (χ0n) is 11.3. The second-order valence-corrected chi connectivity index (χ2v) is 4.04. The fraction of sp³-hybridized carbons (Fsp3) is 0.429. The number of nitrogens with zero attached hydrogens (tertiary/aromatic N) is 1. The predicted molar refractivity (Wildman–Crippen MR) is 72.2 cm³/mol. The molecule has 0 bridgehead atoms. The van der Waals surface area contributed by atoms with Crippen molar-refractivity contribution in [2.75, 3.05) is 26.3 Å². The number of rotatable bonds is 8. The van der Waals surface area contributed by atoms with Crippen molar-refractivity contribution in [3.8, 4) is 11.8 Å². The number of nitrogens with one attached hydrogen (secondary N) is 1. The molecule has 0 fully saturated rings. The second kappa shape index (κ2) is 8.91. The Morgan fingerprint density at radius 1 is 1.55 bits per heavy atom. The van der Waals surface area contributed by atoms with E-state index < -0.39 is 6.10 Å². The van der Waals surface area contributed by atoms with Gasteiger partial charge in [-0.25, -0.2) is 0 Å². The van der Waals surface area contributed by atoms with E-state index in [1.807, 2.05) is 6.07 Å². The predicted octanol–water partition coefficient (Wildman–Crippen LogP) is 0.451. The summed E-state index contributed by atoms with van der Waals surface area (Å²) in [7, 11) is 0. The van der Waals surface area contributed by atoms with Crippen LogP contribution in [0.5, 0.6) is 5.75 Å². The lowest BCUT2D eigenvalue weighted by Gasteiger charge is -2.13. The average Bonchev–Trinajstić information content (AvgIpc) is 2.45. The molecule has 1 aromatic rings. The number of hydrogen-bond donors (Lipinski definition) is 2. The lowest BCUT2D eigenvalue weighted by Crippen LogP contribution is -2.35. The van der Waals surface area contributed by atoms with Crippen molar-refractivity contribution in [1.29, 1.82) is 5.26 Å². The summed E-state index contributed by atoms with van der Waals surface area (Å²) >= 11 is 0. The van der Waals surface area contributed by atoms with Crippen LogP contribution < -0.4 is 10.1 Å². The maximum atomic E-state index is 11.0. The lowest BCUT2D eigenvalue weighted by molar-refractivity contribution is -0.142. The van der Waals surface area contributed by atoms with Gasteiger partial charge in [-0.3, -0.25) is 4.79 Å². The van der Waals surface area contributed by atoms with Gasteiger partial charge in [-0.05, 0) is 25.1 Å². The Bertz CT molecular complexity index is 470. The summed E-state index contributed by atoms with van der Waals surface area (Å²) in [6.07, 6.45) is -0.754. The fourth-order valence-electron chi connectivity index (χ4n) is 1.46. The van der Waals surface area contributed by atoms with Crippen LogP contribution in [0.15, 0.2) is 24.3 Å². The molecular formula is C14H18N2O4.